The third kappa shape index (κ3) is 6.68. The molecule has 0 unspecified atom stereocenters. The summed E-state index contributed by atoms with van der Waals surface area (Å²) in [5, 5.41) is 25.0. The van der Waals surface area contributed by atoms with Crippen LogP contribution in [0.4, 0.5) is 25.2 Å². The van der Waals surface area contributed by atoms with Crippen molar-refractivity contribution >= 4 is 34.7 Å². The summed E-state index contributed by atoms with van der Waals surface area (Å²) < 4.78 is 31.7. The van der Waals surface area contributed by atoms with E-state index >= 15 is 0 Å². The van der Waals surface area contributed by atoms with Crippen molar-refractivity contribution in [2.45, 2.75) is 20.0 Å². The summed E-state index contributed by atoms with van der Waals surface area (Å²) in [5.74, 6) is -2.15. The van der Waals surface area contributed by atoms with E-state index in [9.17, 15) is 23.6 Å². The van der Waals surface area contributed by atoms with E-state index in [1.54, 1.807) is 13.1 Å². The van der Waals surface area contributed by atoms with Gasteiger partial charge in [-0.1, -0.05) is 30.3 Å². The molecule has 0 fully saturated rings. The minimum atomic E-state index is -1.03. The average Bonchev–Trinajstić information content (AvgIpc) is 3.42. The second-order valence-electron chi connectivity index (χ2n) is 9.09. The number of nitriles is 1. The maximum atomic E-state index is 13.5. The van der Waals surface area contributed by atoms with Gasteiger partial charge in [0.05, 0.1) is 18.2 Å². The Balaban J connectivity index is 1.27. The first-order chi connectivity index (χ1) is 20.8. The first kappa shape index (κ1) is 28.6. The number of carbonyl (C=O) groups excluding carboxylic acids is 2. The molecule has 0 aliphatic carbocycles. The van der Waals surface area contributed by atoms with E-state index in [0.717, 1.165) is 28.8 Å². The number of hydrogen-bond acceptors (Lipinski definition) is 9. The predicted molar refractivity (Wildman–Crippen MR) is 152 cm³/mol. The number of pyridine rings is 1. The van der Waals surface area contributed by atoms with Gasteiger partial charge in [0.25, 0.3) is 5.91 Å². The Kier molecular flexibility index (Phi) is 8.43. The normalized spacial score (nSPS) is 10.7. The van der Waals surface area contributed by atoms with Gasteiger partial charge in [0.15, 0.2) is 34.5 Å². The van der Waals surface area contributed by atoms with E-state index in [-0.39, 0.29) is 36.9 Å². The number of aromatic amines is 1. The van der Waals surface area contributed by atoms with Gasteiger partial charge in [0.1, 0.15) is 11.9 Å². The number of hydrogen-bond donors (Lipinski definition) is 4. The molecule has 5 aromatic rings. The lowest BCUT2D eigenvalue weighted by Crippen LogP contribution is -2.26. The molecule has 4 N–H and O–H groups in total. The van der Waals surface area contributed by atoms with Crippen molar-refractivity contribution in [2.24, 2.45) is 0 Å². The van der Waals surface area contributed by atoms with Crippen LogP contribution in [0.25, 0.3) is 22.2 Å². The van der Waals surface area contributed by atoms with E-state index < -0.39 is 23.6 Å². The topological polar surface area (TPSA) is 171 Å². The van der Waals surface area contributed by atoms with Crippen LogP contribution in [0.1, 0.15) is 34.2 Å². The van der Waals surface area contributed by atoms with Crippen LogP contribution in [0, 0.1) is 23.0 Å². The Hall–Kier alpha value is -5.97. The highest BCUT2D eigenvalue weighted by atomic mass is 19.2. The lowest BCUT2D eigenvalue weighted by Gasteiger charge is -2.12. The van der Waals surface area contributed by atoms with Crippen molar-refractivity contribution in [1.82, 2.24) is 30.5 Å². The molecule has 0 atom stereocenters. The SMILES string of the molecule is CCOC(=O)Nc1[nH]nc2ncc(-c3ccc(CNc4ncc(C#N)nc4C(=O)NCc4ccc(F)c(F)c4)cc3)cc12. The highest BCUT2D eigenvalue weighted by Crippen LogP contribution is 2.26. The smallest absolute Gasteiger partial charge is 0.412 e. The van der Waals surface area contributed by atoms with Crippen molar-refractivity contribution in [3.8, 4) is 17.2 Å². The number of amides is 2. The fourth-order valence-corrected chi connectivity index (χ4v) is 4.07. The van der Waals surface area contributed by atoms with Crippen molar-refractivity contribution < 1.29 is 23.1 Å². The number of ether oxygens (including phenoxy) is 1. The molecular formula is C29H23F2N9O3. The monoisotopic (exact) mass is 583 g/mol. The van der Waals surface area contributed by atoms with Crippen LogP contribution >= 0.6 is 0 Å². The van der Waals surface area contributed by atoms with Crippen LogP contribution < -0.4 is 16.0 Å². The van der Waals surface area contributed by atoms with Crippen molar-refractivity contribution in [3.05, 3.63) is 95.1 Å². The number of fused-ring (bicyclic) bond motifs is 1. The van der Waals surface area contributed by atoms with Gasteiger partial charge in [-0.3, -0.25) is 15.2 Å². The first-order valence-corrected chi connectivity index (χ1v) is 12.9. The third-order valence-electron chi connectivity index (χ3n) is 6.20. The lowest BCUT2D eigenvalue weighted by molar-refractivity contribution is 0.0946. The Labute approximate surface area is 243 Å². The molecule has 0 radical (unpaired) electrons. The minimum Gasteiger partial charge on any atom is -0.450 e. The molecule has 0 spiro atoms. The third-order valence-corrected chi connectivity index (χ3v) is 6.20. The fraction of sp³-hybridized carbons (Fsp3) is 0.138. The van der Waals surface area contributed by atoms with Crippen molar-refractivity contribution in [3.63, 3.8) is 0 Å². The van der Waals surface area contributed by atoms with Gasteiger partial charge in [-0.15, -0.1) is 0 Å². The second-order valence-corrected chi connectivity index (χ2v) is 9.09. The largest absolute Gasteiger partial charge is 0.450 e. The van der Waals surface area contributed by atoms with Gasteiger partial charge in [-0.2, -0.15) is 10.4 Å². The molecule has 0 aliphatic rings. The zero-order valence-electron chi connectivity index (χ0n) is 22.6. The molecule has 216 valence electrons. The zero-order valence-corrected chi connectivity index (χ0v) is 22.6. The fourth-order valence-electron chi connectivity index (χ4n) is 4.07. The Bertz CT molecular complexity index is 1850. The molecule has 0 bridgehead atoms. The number of nitrogens with zero attached hydrogens (tertiary/aromatic N) is 5. The maximum absolute atomic E-state index is 13.5. The number of aromatic nitrogens is 5. The summed E-state index contributed by atoms with van der Waals surface area (Å²) in [4.78, 5) is 37.3. The standard InChI is InChI=1S/C29H23F2N9O3/c1-2-43-29(42)38-26-21-10-19(14-34-25(21)39-40-26)18-6-3-16(4-7-18)12-33-27-24(37-20(11-32)15-35-27)28(41)36-13-17-5-8-22(30)23(31)9-17/h3-10,14-15H,2,12-13H2,1H3,(H,33,35)(H,36,41)(H2,34,38,39,40,42). The number of carbonyl (C=O) groups is 2. The van der Waals surface area contributed by atoms with Crippen LogP contribution in [0.15, 0.2) is 60.9 Å². The van der Waals surface area contributed by atoms with Crippen molar-refractivity contribution in [2.75, 3.05) is 17.2 Å². The number of halogens is 2. The summed E-state index contributed by atoms with van der Waals surface area (Å²) in [6, 6.07) is 14.5. The maximum Gasteiger partial charge on any atom is 0.412 e. The molecule has 2 amide bonds. The number of rotatable bonds is 9. The van der Waals surface area contributed by atoms with E-state index in [1.165, 1.54) is 12.3 Å². The van der Waals surface area contributed by atoms with Crippen LogP contribution in [-0.4, -0.2) is 43.8 Å². The molecule has 2 aromatic carbocycles. The summed E-state index contributed by atoms with van der Waals surface area (Å²) >= 11 is 0. The Morgan fingerprint density at radius 3 is 2.51 bits per heavy atom. The van der Waals surface area contributed by atoms with E-state index in [1.807, 2.05) is 36.4 Å². The van der Waals surface area contributed by atoms with Crippen LogP contribution in [0.3, 0.4) is 0 Å². The molecule has 5 rings (SSSR count). The van der Waals surface area contributed by atoms with Crippen LogP contribution in [-0.2, 0) is 17.8 Å². The van der Waals surface area contributed by atoms with E-state index in [2.05, 4.69) is 41.1 Å². The summed E-state index contributed by atoms with van der Waals surface area (Å²) in [5.41, 5.74) is 3.10. The molecule has 0 aliphatic heterocycles. The summed E-state index contributed by atoms with van der Waals surface area (Å²) in [6.07, 6.45) is 2.30. The number of nitrogens with one attached hydrogen (secondary N) is 4. The first-order valence-electron chi connectivity index (χ1n) is 12.9. The van der Waals surface area contributed by atoms with Gasteiger partial charge in [-0.05, 0) is 41.8 Å². The van der Waals surface area contributed by atoms with Gasteiger partial charge in [0.2, 0.25) is 0 Å². The van der Waals surface area contributed by atoms with Gasteiger partial charge in [0, 0.05) is 24.8 Å². The second kappa shape index (κ2) is 12.7. The predicted octanol–water partition coefficient (Wildman–Crippen LogP) is 4.68. The van der Waals surface area contributed by atoms with E-state index in [0.29, 0.717) is 22.4 Å². The van der Waals surface area contributed by atoms with Gasteiger partial charge in [-0.25, -0.2) is 28.5 Å². The highest BCUT2D eigenvalue weighted by molar-refractivity contribution is 5.97. The van der Waals surface area contributed by atoms with Gasteiger partial charge < -0.3 is 15.4 Å². The minimum absolute atomic E-state index is 0.0586. The highest BCUT2D eigenvalue weighted by Gasteiger charge is 2.17. The Morgan fingerprint density at radius 2 is 1.77 bits per heavy atom. The molecule has 14 heteroatoms. The molecular weight excluding hydrogens is 560 g/mol. The zero-order chi connectivity index (χ0) is 30.3. The molecule has 0 saturated carbocycles. The molecule has 3 heterocycles. The molecule has 0 saturated heterocycles. The lowest BCUT2D eigenvalue weighted by atomic mass is 10.0. The summed E-state index contributed by atoms with van der Waals surface area (Å²) in [7, 11) is 0. The van der Waals surface area contributed by atoms with Crippen molar-refractivity contribution in [1.29, 1.82) is 5.26 Å². The quantitative estimate of drug-likeness (QED) is 0.192. The molecule has 3 aromatic heterocycles. The summed E-state index contributed by atoms with van der Waals surface area (Å²) in [6.45, 7) is 2.13. The number of anilines is 2. The van der Waals surface area contributed by atoms with Crippen LogP contribution in [0.5, 0.6) is 0 Å². The Morgan fingerprint density at radius 1 is 0.977 bits per heavy atom. The van der Waals surface area contributed by atoms with E-state index in [4.69, 9.17) is 4.74 Å². The number of H-pyrrole nitrogens is 1. The van der Waals surface area contributed by atoms with Crippen LogP contribution in [0.2, 0.25) is 0 Å². The molecule has 12 nitrogen and oxygen atoms in total. The van der Waals surface area contributed by atoms with Gasteiger partial charge >= 0.3 is 6.09 Å². The molecule has 43 heavy (non-hydrogen) atoms. The number of benzene rings is 2. The average molecular weight is 584 g/mol.